The first kappa shape index (κ1) is 16.1. The fraction of sp³-hybridized carbons (Fsp3) is 0.294. The lowest BCUT2D eigenvalue weighted by Gasteiger charge is -2.19. The van der Waals surface area contributed by atoms with Crippen molar-refractivity contribution in [2.75, 3.05) is 13.1 Å². The quantitative estimate of drug-likeness (QED) is 0.683. The minimum absolute atomic E-state index is 0.122. The van der Waals surface area contributed by atoms with Crippen LogP contribution in [0.5, 0.6) is 5.88 Å². The van der Waals surface area contributed by atoms with E-state index in [4.69, 9.17) is 4.74 Å². The standard InChI is InChI=1S/C17H17N7O2/c25-17(13-11-18-6-7-19-13)23-8-4-14-21-22-15(24(14)10-9-23)12-26-16-3-1-2-5-20-16/h1-3,5-7,11H,4,8-10,12H2. The van der Waals surface area contributed by atoms with Gasteiger partial charge in [-0.25, -0.2) is 9.97 Å². The number of fused-ring (bicyclic) bond motifs is 1. The Morgan fingerprint density at radius 2 is 2.04 bits per heavy atom. The molecule has 4 heterocycles. The molecule has 9 nitrogen and oxygen atoms in total. The molecule has 132 valence electrons. The summed E-state index contributed by atoms with van der Waals surface area (Å²) >= 11 is 0. The molecule has 0 fully saturated rings. The number of aromatic nitrogens is 6. The number of amides is 1. The number of ether oxygens (including phenoxy) is 1. The Morgan fingerprint density at radius 1 is 1.08 bits per heavy atom. The maximum Gasteiger partial charge on any atom is 0.274 e. The van der Waals surface area contributed by atoms with Crippen molar-refractivity contribution in [3.05, 3.63) is 60.3 Å². The maximum atomic E-state index is 12.6. The van der Waals surface area contributed by atoms with Crippen molar-refractivity contribution in [2.45, 2.75) is 19.6 Å². The largest absolute Gasteiger partial charge is 0.469 e. The van der Waals surface area contributed by atoms with Gasteiger partial charge in [0.25, 0.3) is 5.91 Å². The highest BCUT2D eigenvalue weighted by Crippen LogP contribution is 2.13. The Hall–Kier alpha value is -3.36. The topological polar surface area (TPSA) is 98.9 Å². The van der Waals surface area contributed by atoms with Crippen LogP contribution in [0, 0.1) is 0 Å². The molecule has 3 aromatic heterocycles. The van der Waals surface area contributed by atoms with Crippen LogP contribution in [-0.2, 0) is 19.6 Å². The van der Waals surface area contributed by atoms with Crippen molar-refractivity contribution in [3.63, 3.8) is 0 Å². The van der Waals surface area contributed by atoms with E-state index in [1.165, 1.54) is 12.4 Å². The average Bonchev–Trinajstić information content (AvgIpc) is 2.96. The van der Waals surface area contributed by atoms with E-state index < -0.39 is 0 Å². The van der Waals surface area contributed by atoms with Gasteiger partial charge in [0.1, 0.15) is 18.1 Å². The molecule has 0 unspecified atom stereocenters. The summed E-state index contributed by atoms with van der Waals surface area (Å²) < 4.78 is 7.67. The number of carbonyl (C=O) groups is 1. The van der Waals surface area contributed by atoms with Gasteiger partial charge < -0.3 is 14.2 Å². The summed E-state index contributed by atoms with van der Waals surface area (Å²) in [6.45, 7) is 2.00. The molecule has 0 aromatic carbocycles. The van der Waals surface area contributed by atoms with Crippen LogP contribution in [0.2, 0.25) is 0 Å². The minimum Gasteiger partial charge on any atom is -0.469 e. The second kappa shape index (κ2) is 7.26. The Kier molecular flexibility index (Phi) is 4.50. The summed E-state index contributed by atoms with van der Waals surface area (Å²) in [5.41, 5.74) is 0.351. The molecule has 0 saturated carbocycles. The first-order valence-electron chi connectivity index (χ1n) is 8.31. The monoisotopic (exact) mass is 351 g/mol. The van der Waals surface area contributed by atoms with Crippen LogP contribution < -0.4 is 4.74 Å². The molecule has 0 bridgehead atoms. The van der Waals surface area contributed by atoms with Gasteiger partial charge in [-0.1, -0.05) is 6.07 Å². The highest BCUT2D eigenvalue weighted by atomic mass is 16.5. The first-order chi connectivity index (χ1) is 12.8. The molecule has 1 aliphatic heterocycles. The van der Waals surface area contributed by atoms with Crippen molar-refractivity contribution in [1.82, 2.24) is 34.6 Å². The lowest BCUT2D eigenvalue weighted by molar-refractivity contribution is 0.0752. The van der Waals surface area contributed by atoms with Crippen molar-refractivity contribution in [2.24, 2.45) is 0 Å². The molecule has 0 radical (unpaired) electrons. The van der Waals surface area contributed by atoms with Gasteiger partial charge in [0.15, 0.2) is 5.82 Å². The molecule has 1 amide bonds. The van der Waals surface area contributed by atoms with E-state index in [0.717, 1.165) is 11.6 Å². The van der Waals surface area contributed by atoms with E-state index in [-0.39, 0.29) is 12.5 Å². The van der Waals surface area contributed by atoms with Crippen molar-refractivity contribution < 1.29 is 9.53 Å². The van der Waals surface area contributed by atoms with Crippen LogP contribution >= 0.6 is 0 Å². The van der Waals surface area contributed by atoms with Crippen LogP contribution in [0.3, 0.4) is 0 Å². The number of pyridine rings is 1. The van der Waals surface area contributed by atoms with Crippen molar-refractivity contribution in [3.8, 4) is 5.88 Å². The van der Waals surface area contributed by atoms with Crippen LogP contribution in [0.1, 0.15) is 22.1 Å². The first-order valence-corrected chi connectivity index (χ1v) is 8.31. The molecular weight excluding hydrogens is 334 g/mol. The fourth-order valence-electron chi connectivity index (χ4n) is 2.84. The molecule has 0 spiro atoms. The molecule has 26 heavy (non-hydrogen) atoms. The average molecular weight is 351 g/mol. The second-order valence-electron chi connectivity index (χ2n) is 5.77. The van der Waals surface area contributed by atoms with Gasteiger partial charge in [0.2, 0.25) is 5.88 Å². The van der Waals surface area contributed by atoms with Crippen LogP contribution in [0.4, 0.5) is 0 Å². The van der Waals surface area contributed by atoms with E-state index in [9.17, 15) is 4.79 Å². The Labute approximate surface area is 149 Å². The number of hydrogen-bond acceptors (Lipinski definition) is 7. The van der Waals surface area contributed by atoms with Gasteiger partial charge in [-0.2, -0.15) is 0 Å². The summed E-state index contributed by atoms with van der Waals surface area (Å²) in [6.07, 6.45) is 6.86. The number of hydrogen-bond donors (Lipinski definition) is 0. The van der Waals surface area contributed by atoms with Gasteiger partial charge in [0, 0.05) is 50.7 Å². The molecule has 0 atom stereocenters. The molecule has 3 aromatic rings. The lowest BCUT2D eigenvalue weighted by atomic mass is 10.3. The zero-order valence-electron chi connectivity index (χ0n) is 14.0. The molecule has 0 N–H and O–H groups in total. The van der Waals surface area contributed by atoms with Gasteiger partial charge in [0.05, 0.1) is 6.20 Å². The van der Waals surface area contributed by atoms with Crippen LogP contribution in [-0.4, -0.2) is 53.6 Å². The number of rotatable bonds is 4. The van der Waals surface area contributed by atoms with E-state index in [1.807, 2.05) is 16.7 Å². The summed E-state index contributed by atoms with van der Waals surface area (Å²) in [6, 6.07) is 5.49. The van der Waals surface area contributed by atoms with E-state index in [1.54, 1.807) is 23.4 Å². The molecule has 0 aliphatic carbocycles. The van der Waals surface area contributed by atoms with Gasteiger partial charge in [-0.05, 0) is 6.07 Å². The minimum atomic E-state index is -0.122. The lowest BCUT2D eigenvalue weighted by Crippen LogP contribution is -2.34. The Morgan fingerprint density at radius 3 is 2.85 bits per heavy atom. The van der Waals surface area contributed by atoms with Crippen LogP contribution in [0.25, 0.3) is 0 Å². The molecular formula is C17H17N7O2. The zero-order chi connectivity index (χ0) is 17.8. The normalized spacial score (nSPS) is 13.8. The third-order valence-corrected chi connectivity index (χ3v) is 4.16. The predicted molar refractivity (Wildman–Crippen MR) is 90.2 cm³/mol. The number of carbonyl (C=O) groups excluding carboxylic acids is 1. The third kappa shape index (κ3) is 3.37. The zero-order valence-corrected chi connectivity index (χ0v) is 14.0. The Bertz CT molecular complexity index is 883. The maximum absolute atomic E-state index is 12.6. The molecule has 4 rings (SSSR count). The highest BCUT2D eigenvalue weighted by molar-refractivity contribution is 5.91. The van der Waals surface area contributed by atoms with Gasteiger partial charge >= 0.3 is 0 Å². The van der Waals surface area contributed by atoms with Gasteiger partial charge in [-0.15, -0.1) is 10.2 Å². The van der Waals surface area contributed by atoms with E-state index in [0.29, 0.717) is 37.6 Å². The highest BCUT2D eigenvalue weighted by Gasteiger charge is 2.23. The van der Waals surface area contributed by atoms with Crippen molar-refractivity contribution >= 4 is 5.91 Å². The van der Waals surface area contributed by atoms with Gasteiger partial charge in [-0.3, -0.25) is 9.78 Å². The van der Waals surface area contributed by atoms with Crippen molar-refractivity contribution in [1.29, 1.82) is 0 Å². The van der Waals surface area contributed by atoms with Crippen LogP contribution in [0.15, 0.2) is 43.0 Å². The second-order valence-corrected chi connectivity index (χ2v) is 5.77. The molecule has 9 heteroatoms. The molecule has 1 aliphatic rings. The third-order valence-electron chi connectivity index (χ3n) is 4.16. The summed E-state index contributed by atoms with van der Waals surface area (Å²) in [5, 5.41) is 8.46. The summed E-state index contributed by atoms with van der Waals surface area (Å²) in [4.78, 5) is 26.5. The molecule has 0 saturated heterocycles. The van der Waals surface area contributed by atoms with E-state index in [2.05, 4.69) is 25.1 Å². The predicted octanol–water partition coefficient (Wildman–Crippen LogP) is 0.741. The number of nitrogens with zero attached hydrogens (tertiary/aromatic N) is 7. The van der Waals surface area contributed by atoms with E-state index >= 15 is 0 Å². The Balaban J connectivity index is 1.44. The fourth-order valence-corrected chi connectivity index (χ4v) is 2.84. The summed E-state index contributed by atoms with van der Waals surface area (Å²) in [7, 11) is 0. The summed E-state index contributed by atoms with van der Waals surface area (Å²) in [5.74, 6) is 1.99. The smallest absolute Gasteiger partial charge is 0.274 e. The SMILES string of the molecule is O=C(c1cnccn1)N1CCc2nnc(COc3ccccn3)n2CC1.